The molecule has 22 heavy (non-hydrogen) atoms. The van der Waals surface area contributed by atoms with E-state index in [4.69, 9.17) is 4.42 Å². The Morgan fingerprint density at radius 2 is 1.82 bits per heavy atom. The van der Waals surface area contributed by atoms with Gasteiger partial charge in [0.2, 0.25) is 0 Å². The maximum atomic E-state index is 11.5. The van der Waals surface area contributed by atoms with Gasteiger partial charge in [-0.15, -0.1) is 0 Å². The van der Waals surface area contributed by atoms with Gasteiger partial charge in [-0.25, -0.2) is 4.79 Å². The molecule has 0 radical (unpaired) electrons. The van der Waals surface area contributed by atoms with Crippen molar-refractivity contribution < 1.29 is 14.3 Å². The summed E-state index contributed by atoms with van der Waals surface area (Å²) in [6.45, 7) is 2.00. The van der Waals surface area contributed by atoms with Crippen molar-refractivity contribution in [3.05, 3.63) is 72.0 Å². The molecule has 0 unspecified atom stereocenters. The van der Waals surface area contributed by atoms with Crippen LogP contribution in [0.5, 0.6) is 0 Å². The van der Waals surface area contributed by atoms with Crippen LogP contribution in [0.1, 0.15) is 15.9 Å². The van der Waals surface area contributed by atoms with Gasteiger partial charge in [0.1, 0.15) is 5.76 Å². The molecule has 2 N–H and O–H groups in total. The second-order valence-electron chi connectivity index (χ2n) is 5.00. The average molecular weight is 293 g/mol. The number of benzene rings is 2. The van der Waals surface area contributed by atoms with E-state index in [1.807, 2.05) is 37.3 Å². The summed E-state index contributed by atoms with van der Waals surface area (Å²) in [4.78, 5) is 11.5. The van der Waals surface area contributed by atoms with Crippen molar-refractivity contribution in [1.82, 2.24) is 0 Å². The van der Waals surface area contributed by atoms with E-state index < -0.39 is 5.97 Å². The standard InChI is InChI=1S/C18H15NO3/c1-12-7-9-13(10-8-12)19-17-14(16-6-3-11-22-16)4-2-5-15(17)18(20)21/h2-11,19H,1H3,(H,20,21). The Morgan fingerprint density at radius 3 is 2.45 bits per heavy atom. The van der Waals surface area contributed by atoms with E-state index in [-0.39, 0.29) is 5.56 Å². The normalized spacial score (nSPS) is 10.4. The molecule has 4 heteroatoms. The molecule has 1 heterocycles. The zero-order valence-electron chi connectivity index (χ0n) is 12.0. The van der Waals surface area contributed by atoms with Crippen LogP contribution < -0.4 is 5.32 Å². The van der Waals surface area contributed by atoms with Gasteiger partial charge in [0.15, 0.2) is 0 Å². The fourth-order valence-electron chi connectivity index (χ4n) is 2.28. The van der Waals surface area contributed by atoms with Crippen molar-refractivity contribution in [2.75, 3.05) is 5.32 Å². The lowest BCUT2D eigenvalue weighted by Gasteiger charge is -2.14. The van der Waals surface area contributed by atoms with Crippen LogP contribution in [-0.4, -0.2) is 11.1 Å². The highest BCUT2D eigenvalue weighted by molar-refractivity contribution is 5.99. The maximum Gasteiger partial charge on any atom is 0.337 e. The van der Waals surface area contributed by atoms with Crippen molar-refractivity contribution in [1.29, 1.82) is 0 Å². The summed E-state index contributed by atoms with van der Waals surface area (Å²) in [6, 6.07) is 16.5. The first-order chi connectivity index (χ1) is 10.6. The minimum atomic E-state index is -0.983. The highest BCUT2D eigenvalue weighted by Crippen LogP contribution is 2.33. The highest BCUT2D eigenvalue weighted by Gasteiger charge is 2.16. The van der Waals surface area contributed by atoms with E-state index in [9.17, 15) is 9.90 Å². The average Bonchev–Trinajstić information content (AvgIpc) is 3.03. The number of carbonyl (C=O) groups is 1. The number of para-hydroxylation sites is 1. The van der Waals surface area contributed by atoms with Crippen LogP contribution in [0.15, 0.2) is 65.3 Å². The SMILES string of the molecule is Cc1ccc(Nc2c(C(=O)O)cccc2-c2ccco2)cc1. The van der Waals surface area contributed by atoms with Gasteiger partial charge in [0.25, 0.3) is 0 Å². The Labute approximate surface area is 128 Å². The first-order valence-corrected chi connectivity index (χ1v) is 6.89. The molecule has 2 aromatic carbocycles. The zero-order chi connectivity index (χ0) is 15.5. The number of carboxylic acid groups (broad SMARTS) is 1. The van der Waals surface area contributed by atoms with E-state index in [0.717, 1.165) is 11.3 Å². The monoisotopic (exact) mass is 293 g/mol. The van der Waals surface area contributed by atoms with Crippen LogP contribution in [0.3, 0.4) is 0 Å². The molecule has 3 rings (SSSR count). The van der Waals surface area contributed by atoms with Crippen LogP contribution in [0, 0.1) is 6.92 Å². The first kappa shape index (κ1) is 13.9. The first-order valence-electron chi connectivity index (χ1n) is 6.89. The van der Waals surface area contributed by atoms with Crippen molar-refractivity contribution in [3.8, 4) is 11.3 Å². The summed E-state index contributed by atoms with van der Waals surface area (Å²) < 4.78 is 5.42. The van der Waals surface area contributed by atoms with Gasteiger partial charge in [-0.3, -0.25) is 0 Å². The highest BCUT2D eigenvalue weighted by atomic mass is 16.4. The van der Waals surface area contributed by atoms with Gasteiger partial charge in [-0.2, -0.15) is 0 Å². The third kappa shape index (κ3) is 2.72. The number of furan rings is 1. The Bertz CT molecular complexity index is 790. The largest absolute Gasteiger partial charge is 0.478 e. The van der Waals surface area contributed by atoms with E-state index >= 15 is 0 Å². The summed E-state index contributed by atoms with van der Waals surface area (Å²) in [5.41, 5.74) is 3.41. The van der Waals surface area contributed by atoms with Crippen LogP contribution >= 0.6 is 0 Å². The van der Waals surface area contributed by atoms with Crippen molar-refractivity contribution in [2.45, 2.75) is 6.92 Å². The number of aromatic carboxylic acids is 1. The topological polar surface area (TPSA) is 62.5 Å². The lowest BCUT2D eigenvalue weighted by atomic mass is 10.0. The van der Waals surface area contributed by atoms with Crippen LogP contribution in [0.2, 0.25) is 0 Å². The summed E-state index contributed by atoms with van der Waals surface area (Å²) in [6.07, 6.45) is 1.57. The molecule has 0 bridgehead atoms. The van der Waals surface area contributed by atoms with E-state index in [1.54, 1.807) is 30.5 Å². The number of anilines is 2. The second kappa shape index (κ2) is 5.77. The van der Waals surface area contributed by atoms with Crippen LogP contribution in [0.4, 0.5) is 11.4 Å². The maximum absolute atomic E-state index is 11.5. The molecule has 110 valence electrons. The fourth-order valence-corrected chi connectivity index (χ4v) is 2.28. The molecule has 0 aliphatic carbocycles. The van der Waals surface area contributed by atoms with Crippen molar-refractivity contribution in [3.63, 3.8) is 0 Å². The molecule has 0 aliphatic rings. The van der Waals surface area contributed by atoms with Gasteiger partial charge in [-0.05, 0) is 43.3 Å². The molecule has 0 spiro atoms. The van der Waals surface area contributed by atoms with Crippen LogP contribution in [0.25, 0.3) is 11.3 Å². The second-order valence-corrected chi connectivity index (χ2v) is 5.00. The van der Waals surface area contributed by atoms with Crippen molar-refractivity contribution in [2.24, 2.45) is 0 Å². The number of rotatable bonds is 4. The van der Waals surface area contributed by atoms with Gasteiger partial charge >= 0.3 is 5.97 Å². The molecule has 0 atom stereocenters. The quantitative estimate of drug-likeness (QED) is 0.732. The molecule has 3 aromatic rings. The third-order valence-electron chi connectivity index (χ3n) is 3.40. The van der Waals surface area contributed by atoms with Crippen LogP contribution in [-0.2, 0) is 0 Å². The smallest absolute Gasteiger partial charge is 0.337 e. The Kier molecular flexibility index (Phi) is 3.66. The Hall–Kier alpha value is -3.01. The Morgan fingerprint density at radius 1 is 1.05 bits per heavy atom. The molecular weight excluding hydrogens is 278 g/mol. The molecule has 0 saturated carbocycles. The number of hydrogen-bond donors (Lipinski definition) is 2. The third-order valence-corrected chi connectivity index (χ3v) is 3.40. The van der Waals surface area contributed by atoms with E-state index in [1.165, 1.54) is 0 Å². The van der Waals surface area contributed by atoms with Gasteiger partial charge in [0, 0.05) is 11.3 Å². The lowest BCUT2D eigenvalue weighted by molar-refractivity contribution is 0.0698. The summed E-state index contributed by atoms with van der Waals surface area (Å²) in [7, 11) is 0. The minimum Gasteiger partial charge on any atom is -0.478 e. The lowest BCUT2D eigenvalue weighted by Crippen LogP contribution is -2.04. The molecule has 0 saturated heterocycles. The molecule has 4 nitrogen and oxygen atoms in total. The molecule has 0 fully saturated rings. The predicted octanol–water partition coefficient (Wildman–Crippen LogP) is 4.70. The minimum absolute atomic E-state index is 0.203. The van der Waals surface area contributed by atoms with Gasteiger partial charge in [0.05, 0.1) is 17.5 Å². The summed E-state index contributed by atoms with van der Waals surface area (Å²) in [5, 5.41) is 12.6. The Balaban J connectivity index is 2.10. The number of nitrogens with one attached hydrogen (secondary N) is 1. The van der Waals surface area contributed by atoms with E-state index in [0.29, 0.717) is 17.0 Å². The fraction of sp³-hybridized carbons (Fsp3) is 0.0556. The van der Waals surface area contributed by atoms with E-state index in [2.05, 4.69) is 5.32 Å². The zero-order valence-corrected chi connectivity index (χ0v) is 12.0. The molecule has 0 amide bonds. The number of aryl methyl sites for hydroxylation is 1. The number of carboxylic acids is 1. The van der Waals surface area contributed by atoms with Gasteiger partial charge in [-0.1, -0.05) is 23.8 Å². The molecule has 1 aromatic heterocycles. The summed E-state index contributed by atoms with van der Waals surface area (Å²) in [5.74, 6) is -0.360. The molecule has 0 aliphatic heterocycles. The number of hydrogen-bond acceptors (Lipinski definition) is 3. The van der Waals surface area contributed by atoms with Gasteiger partial charge < -0.3 is 14.8 Å². The molecular formula is C18H15NO3. The van der Waals surface area contributed by atoms with Crippen molar-refractivity contribution >= 4 is 17.3 Å². The predicted molar refractivity (Wildman–Crippen MR) is 85.6 cm³/mol. The summed E-state index contributed by atoms with van der Waals surface area (Å²) >= 11 is 0.